The molecule has 0 saturated carbocycles. The number of hydrogen-bond donors (Lipinski definition) is 1. The highest BCUT2D eigenvalue weighted by atomic mass is 35.5. The van der Waals surface area contributed by atoms with Crippen LogP contribution in [0.25, 0.3) is 0 Å². The summed E-state index contributed by atoms with van der Waals surface area (Å²) in [6, 6.07) is 12.0. The van der Waals surface area contributed by atoms with Crippen LogP contribution < -0.4 is 10.1 Å². The third kappa shape index (κ3) is 5.65. The third-order valence-corrected chi connectivity index (χ3v) is 5.68. The summed E-state index contributed by atoms with van der Waals surface area (Å²) in [6.07, 6.45) is 0.0298. The number of nitrogens with one attached hydrogen (secondary N) is 1. The van der Waals surface area contributed by atoms with E-state index in [-0.39, 0.29) is 18.2 Å². The van der Waals surface area contributed by atoms with E-state index in [2.05, 4.69) is 10.3 Å². The fourth-order valence-corrected chi connectivity index (χ4v) is 4.39. The van der Waals surface area contributed by atoms with Gasteiger partial charge in [-0.05, 0) is 37.3 Å². The summed E-state index contributed by atoms with van der Waals surface area (Å²) in [7, 11) is 1.63. The van der Waals surface area contributed by atoms with Crippen LogP contribution in [-0.4, -0.2) is 40.8 Å². The summed E-state index contributed by atoms with van der Waals surface area (Å²) < 4.78 is 5.43. The van der Waals surface area contributed by atoms with Crippen molar-refractivity contribution in [1.29, 1.82) is 0 Å². The fraction of sp³-hybridized carbons (Fsp3) is 0.250. The second-order valence-electron chi connectivity index (χ2n) is 6.24. The molecular weight excluding hydrogens is 433 g/mol. The van der Waals surface area contributed by atoms with Crippen LogP contribution >= 0.6 is 35.0 Å². The van der Waals surface area contributed by atoms with Crippen LogP contribution in [0.1, 0.15) is 13.3 Å². The van der Waals surface area contributed by atoms with Gasteiger partial charge in [0.25, 0.3) is 0 Å². The zero-order chi connectivity index (χ0) is 21.0. The number of hydrogen-bond acceptors (Lipinski definition) is 5. The average molecular weight is 452 g/mol. The summed E-state index contributed by atoms with van der Waals surface area (Å²) >= 11 is 13.2. The van der Waals surface area contributed by atoms with Crippen molar-refractivity contribution in [2.45, 2.75) is 18.6 Å². The second-order valence-corrected chi connectivity index (χ2v) is 8.28. The molecule has 152 valence electrons. The Morgan fingerprint density at radius 2 is 1.97 bits per heavy atom. The molecule has 0 aliphatic carbocycles. The second kappa shape index (κ2) is 9.52. The van der Waals surface area contributed by atoms with E-state index in [0.29, 0.717) is 38.9 Å². The number of benzene rings is 2. The molecule has 0 aromatic heterocycles. The molecule has 1 aliphatic heterocycles. The molecule has 2 aromatic carbocycles. The Morgan fingerprint density at radius 3 is 2.66 bits per heavy atom. The van der Waals surface area contributed by atoms with Gasteiger partial charge in [0.15, 0.2) is 5.17 Å². The van der Waals surface area contributed by atoms with Crippen LogP contribution in [0.15, 0.2) is 47.5 Å². The van der Waals surface area contributed by atoms with E-state index >= 15 is 0 Å². The molecule has 1 saturated heterocycles. The van der Waals surface area contributed by atoms with Crippen LogP contribution in [0.5, 0.6) is 5.75 Å². The molecule has 2 aromatic rings. The van der Waals surface area contributed by atoms with E-state index in [1.807, 2.05) is 13.0 Å². The maximum absolute atomic E-state index is 12.5. The largest absolute Gasteiger partial charge is 0.494 e. The number of amidine groups is 1. The molecule has 0 unspecified atom stereocenters. The number of aliphatic imine (C=N–C) groups is 1. The predicted molar refractivity (Wildman–Crippen MR) is 119 cm³/mol. The molecule has 0 bridgehead atoms. The van der Waals surface area contributed by atoms with Gasteiger partial charge in [0.2, 0.25) is 11.8 Å². The molecule has 3 rings (SSSR count). The zero-order valence-electron chi connectivity index (χ0n) is 15.8. The minimum absolute atomic E-state index is 0.0298. The molecule has 9 heteroatoms. The maximum atomic E-state index is 12.5. The first-order chi connectivity index (χ1) is 13.9. The number of anilines is 1. The van der Waals surface area contributed by atoms with Crippen LogP contribution in [0, 0.1) is 0 Å². The fourth-order valence-electron chi connectivity index (χ4n) is 2.72. The van der Waals surface area contributed by atoms with Gasteiger partial charge >= 0.3 is 0 Å². The molecule has 29 heavy (non-hydrogen) atoms. The van der Waals surface area contributed by atoms with Crippen LogP contribution in [-0.2, 0) is 9.59 Å². The molecule has 1 heterocycles. The number of thioether (sulfide) groups is 1. The van der Waals surface area contributed by atoms with E-state index < -0.39 is 5.25 Å². The number of nitrogens with zero attached hydrogens (tertiary/aromatic N) is 2. The van der Waals surface area contributed by atoms with Crippen molar-refractivity contribution in [3.63, 3.8) is 0 Å². The van der Waals surface area contributed by atoms with Crippen molar-refractivity contribution < 1.29 is 14.3 Å². The average Bonchev–Trinajstić information content (AvgIpc) is 2.89. The SMILES string of the molecule is CCOc1cccc(NC(=O)C[C@@H]2SC(=Nc3cc(Cl)cc(Cl)c3)N(C)C2=O)c1. The minimum Gasteiger partial charge on any atom is -0.494 e. The quantitative estimate of drug-likeness (QED) is 0.671. The monoisotopic (exact) mass is 451 g/mol. The van der Waals surface area contributed by atoms with Gasteiger partial charge in [-0.25, -0.2) is 4.99 Å². The number of halogens is 2. The van der Waals surface area contributed by atoms with E-state index in [4.69, 9.17) is 27.9 Å². The highest BCUT2D eigenvalue weighted by Crippen LogP contribution is 2.32. The third-order valence-electron chi connectivity index (χ3n) is 4.01. The van der Waals surface area contributed by atoms with Crippen molar-refractivity contribution in [2.75, 3.05) is 19.0 Å². The normalized spacial score (nSPS) is 17.7. The summed E-state index contributed by atoms with van der Waals surface area (Å²) in [5.41, 5.74) is 1.16. The van der Waals surface area contributed by atoms with E-state index in [0.717, 1.165) is 0 Å². The summed E-state index contributed by atoms with van der Waals surface area (Å²) in [5.74, 6) is 0.232. The van der Waals surface area contributed by atoms with Gasteiger partial charge < -0.3 is 10.1 Å². The van der Waals surface area contributed by atoms with Gasteiger partial charge in [-0.3, -0.25) is 14.5 Å². The van der Waals surface area contributed by atoms with E-state index in [9.17, 15) is 9.59 Å². The highest BCUT2D eigenvalue weighted by Gasteiger charge is 2.37. The number of carbonyl (C=O) groups excluding carboxylic acids is 2. The Balaban J connectivity index is 1.67. The van der Waals surface area contributed by atoms with Gasteiger partial charge in [-0.1, -0.05) is 41.0 Å². The maximum Gasteiger partial charge on any atom is 0.242 e. The number of carbonyl (C=O) groups is 2. The topological polar surface area (TPSA) is 71.0 Å². The van der Waals surface area contributed by atoms with Gasteiger partial charge in [-0.2, -0.15) is 0 Å². The number of amides is 2. The zero-order valence-corrected chi connectivity index (χ0v) is 18.1. The van der Waals surface area contributed by atoms with Crippen molar-refractivity contribution in [2.24, 2.45) is 4.99 Å². The van der Waals surface area contributed by atoms with Gasteiger partial charge in [0, 0.05) is 35.3 Å². The Kier molecular flexibility index (Phi) is 7.05. The predicted octanol–water partition coefficient (Wildman–Crippen LogP) is 4.98. The molecule has 1 aliphatic rings. The lowest BCUT2D eigenvalue weighted by Gasteiger charge is -2.10. The molecule has 2 amide bonds. The Bertz CT molecular complexity index is 947. The Hall–Kier alpha value is -2.22. The van der Waals surface area contributed by atoms with Crippen molar-refractivity contribution in [3.8, 4) is 5.75 Å². The van der Waals surface area contributed by atoms with Gasteiger partial charge in [-0.15, -0.1) is 0 Å². The first-order valence-electron chi connectivity index (χ1n) is 8.87. The van der Waals surface area contributed by atoms with Crippen LogP contribution in [0.2, 0.25) is 10.0 Å². The molecule has 0 spiro atoms. The molecule has 1 N–H and O–H groups in total. The van der Waals surface area contributed by atoms with E-state index in [1.165, 1.54) is 16.7 Å². The Morgan fingerprint density at radius 1 is 1.24 bits per heavy atom. The Labute approximate surface area is 183 Å². The van der Waals surface area contributed by atoms with E-state index in [1.54, 1.807) is 43.4 Å². The number of rotatable bonds is 6. The minimum atomic E-state index is -0.552. The standard InChI is InChI=1S/C20H19Cl2N3O3S/c1-3-28-16-6-4-5-14(10-16)23-18(26)11-17-19(27)25(2)20(29-17)24-15-8-12(21)7-13(22)9-15/h4-10,17H,3,11H2,1-2H3,(H,23,26)/t17-/m0/s1. The van der Waals surface area contributed by atoms with Crippen LogP contribution in [0.4, 0.5) is 11.4 Å². The molecular formula is C20H19Cl2N3O3S. The lowest BCUT2D eigenvalue weighted by molar-refractivity contribution is -0.127. The molecule has 1 fully saturated rings. The smallest absolute Gasteiger partial charge is 0.242 e. The lowest BCUT2D eigenvalue weighted by atomic mass is 10.2. The van der Waals surface area contributed by atoms with Gasteiger partial charge in [0.05, 0.1) is 12.3 Å². The molecule has 0 radical (unpaired) electrons. The lowest BCUT2D eigenvalue weighted by Crippen LogP contribution is -2.30. The van der Waals surface area contributed by atoms with Crippen LogP contribution in [0.3, 0.4) is 0 Å². The van der Waals surface area contributed by atoms with Gasteiger partial charge in [0.1, 0.15) is 11.0 Å². The molecule has 1 atom stereocenters. The summed E-state index contributed by atoms with van der Waals surface area (Å²) in [4.78, 5) is 30.9. The summed E-state index contributed by atoms with van der Waals surface area (Å²) in [6.45, 7) is 2.43. The van der Waals surface area contributed by atoms with Crippen molar-refractivity contribution >= 4 is 63.3 Å². The summed E-state index contributed by atoms with van der Waals surface area (Å²) in [5, 5.41) is 3.66. The number of ether oxygens (including phenoxy) is 1. The van der Waals surface area contributed by atoms with Crippen molar-refractivity contribution in [3.05, 3.63) is 52.5 Å². The first-order valence-corrected chi connectivity index (χ1v) is 10.5. The molecule has 6 nitrogen and oxygen atoms in total. The van der Waals surface area contributed by atoms with Crippen molar-refractivity contribution in [1.82, 2.24) is 4.90 Å². The first kappa shape index (κ1) is 21.5. The highest BCUT2D eigenvalue weighted by molar-refractivity contribution is 8.15.